The monoisotopic (exact) mass is 390 g/mol. The Balaban J connectivity index is 1.77. The molecule has 1 aliphatic rings. The highest BCUT2D eigenvalue weighted by molar-refractivity contribution is 7.71. The molecule has 4 heteroatoms. The first-order valence-corrected chi connectivity index (χ1v) is 10.5. The largest absolute Gasteiger partial charge is 0.491 e. The van der Waals surface area contributed by atoms with Crippen LogP contribution in [0.15, 0.2) is 54.6 Å². The fraction of sp³-hybridized carbons (Fsp3) is 0.333. The first kappa shape index (κ1) is 18.9. The van der Waals surface area contributed by atoms with Crippen molar-refractivity contribution in [1.29, 1.82) is 0 Å². The van der Waals surface area contributed by atoms with Crippen LogP contribution in [0, 0.1) is 4.64 Å². The molecule has 3 nitrogen and oxygen atoms in total. The van der Waals surface area contributed by atoms with Gasteiger partial charge in [0.05, 0.1) is 6.10 Å². The van der Waals surface area contributed by atoms with Crippen molar-refractivity contribution in [3.8, 4) is 17.1 Å². The van der Waals surface area contributed by atoms with Crippen LogP contribution in [0.5, 0.6) is 5.75 Å². The number of fused-ring (bicyclic) bond motifs is 1. The second-order valence-electron chi connectivity index (χ2n) is 7.64. The summed E-state index contributed by atoms with van der Waals surface area (Å²) >= 11 is 5.67. The van der Waals surface area contributed by atoms with E-state index in [0.29, 0.717) is 0 Å². The van der Waals surface area contributed by atoms with Gasteiger partial charge in [-0.2, -0.15) is 0 Å². The molecule has 28 heavy (non-hydrogen) atoms. The number of hydrogen-bond donors (Lipinski definition) is 0. The van der Waals surface area contributed by atoms with Gasteiger partial charge in [0.25, 0.3) is 0 Å². The van der Waals surface area contributed by atoms with Crippen LogP contribution in [0.4, 0.5) is 0 Å². The molecule has 0 atom stereocenters. The third-order valence-corrected chi connectivity index (χ3v) is 5.49. The molecule has 2 aromatic carbocycles. The molecular formula is C24H26N2OS. The molecule has 1 aromatic heterocycles. The smallest absolute Gasteiger partial charge is 0.142 e. The van der Waals surface area contributed by atoms with Crippen LogP contribution in [0.1, 0.15) is 43.5 Å². The third kappa shape index (κ3) is 4.02. The maximum atomic E-state index is 5.79. The number of nitrogens with zero attached hydrogens (tertiary/aromatic N) is 2. The zero-order valence-corrected chi connectivity index (χ0v) is 17.3. The molecule has 0 N–H and O–H groups in total. The Morgan fingerprint density at radius 3 is 2.43 bits per heavy atom. The summed E-state index contributed by atoms with van der Waals surface area (Å²) in [5.41, 5.74) is 4.97. The SMILES string of the molecule is CC(C)Oc1ccc(Cn2c(-c3ccccc3)nc(=S)c3c2CCCC3)cc1. The lowest BCUT2D eigenvalue weighted by atomic mass is 9.96. The molecule has 1 aliphatic carbocycles. The molecule has 0 saturated carbocycles. The number of benzene rings is 2. The van der Waals surface area contributed by atoms with Crippen molar-refractivity contribution in [3.63, 3.8) is 0 Å². The Morgan fingerprint density at radius 1 is 1.00 bits per heavy atom. The van der Waals surface area contributed by atoms with Crippen molar-refractivity contribution < 1.29 is 4.74 Å². The van der Waals surface area contributed by atoms with Gasteiger partial charge in [-0.1, -0.05) is 54.7 Å². The van der Waals surface area contributed by atoms with E-state index in [1.165, 1.54) is 29.7 Å². The first-order chi connectivity index (χ1) is 13.6. The fourth-order valence-corrected chi connectivity index (χ4v) is 4.18. The van der Waals surface area contributed by atoms with E-state index in [1.807, 2.05) is 19.9 Å². The molecular weight excluding hydrogens is 364 g/mol. The van der Waals surface area contributed by atoms with E-state index in [0.717, 1.165) is 41.2 Å². The molecule has 0 amide bonds. The second kappa shape index (κ2) is 8.27. The van der Waals surface area contributed by atoms with Crippen molar-refractivity contribution in [2.24, 2.45) is 0 Å². The van der Waals surface area contributed by atoms with E-state index >= 15 is 0 Å². The molecule has 144 valence electrons. The number of hydrogen-bond acceptors (Lipinski definition) is 3. The Labute approximate surface area is 172 Å². The first-order valence-electron chi connectivity index (χ1n) is 10.1. The van der Waals surface area contributed by atoms with Gasteiger partial charge in [-0.05, 0) is 57.2 Å². The summed E-state index contributed by atoms with van der Waals surface area (Å²) in [5.74, 6) is 1.88. The molecule has 0 unspecified atom stereocenters. The molecule has 0 fully saturated rings. The lowest BCUT2D eigenvalue weighted by Gasteiger charge is -2.24. The normalized spacial score (nSPS) is 13.4. The molecule has 0 bridgehead atoms. The maximum absolute atomic E-state index is 5.79. The van der Waals surface area contributed by atoms with Crippen LogP contribution < -0.4 is 4.74 Å². The minimum Gasteiger partial charge on any atom is -0.491 e. The minimum atomic E-state index is 0.181. The zero-order valence-electron chi connectivity index (χ0n) is 16.5. The minimum absolute atomic E-state index is 0.181. The third-order valence-electron chi connectivity index (χ3n) is 5.15. The van der Waals surface area contributed by atoms with E-state index < -0.39 is 0 Å². The second-order valence-corrected chi connectivity index (χ2v) is 8.02. The van der Waals surface area contributed by atoms with Gasteiger partial charge in [-0.15, -0.1) is 0 Å². The van der Waals surface area contributed by atoms with E-state index in [1.54, 1.807) is 0 Å². The van der Waals surface area contributed by atoms with Crippen molar-refractivity contribution >= 4 is 12.2 Å². The topological polar surface area (TPSA) is 27.1 Å². The highest BCUT2D eigenvalue weighted by Gasteiger charge is 2.19. The molecule has 0 aliphatic heterocycles. The zero-order chi connectivity index (χ0) is 19.5. The summed E-state index contributed by atoms with van der Waals surface area (Å²) in [7, 11) is 0. The van der Waals surface area contributed by atoms with Crippen molar-refractivity contribution in [1.82, 2.24) is 9.55 Å². The van der Waals surface area contributed by atoms with Gasteiger partial charge in [-0.25, -0.2) is 4.98 Å². The number of rotatable bonds is 5. The van der Waals surface area contributed by atoms with Gasteiger partial charge in [0.1, 0.15) is 16.2 Å². The van der Waals surface area contributed by atoms with Crippen LogP contribution in [-0.2, 0) is 19.4 Å². The molecule has 0 saturated heterocycles. The predicted molar refractivity (Wildman–Crippen MR) is 116 cm³/mol. The van der Waals surface area contributed by atoms with E-state index in [2.05, 4.69) is 53.1 Å². The van der Waals surface area contributed by atoms with Gasteiger partial charge in [0, 0.05) is 23.4 Å². The average Bonchev–Trinajstić information content (AvgIpc) is 2.71. The quantitative estimate of drug-likeness (QED) is 0.500. The maximum Gasteiger partial charge on any atom is 0.142 e. The van der Waals surface area contributed by atoms with Crippen LogP contribution in [0.3, 0.4) is 0 Å². The van der Waals surface area contributed by atoms with Crippen molar-refractivity contribution in [2.75, 3.05) is 0 Å². The number of aromatic nitrogens is 2. The van der Waals surface area contributed by atoms with Crippen molar-refractivity contribution in [3.05, 3.63) is 76.1 Å². The lowest BCUT2D eigenvalue weighted by Crippen LogP contribution is -2.19. The Kier molecular flexibility index (Phi) is 5.58. The Bertz CT molecular complexity index is 1010. The summed E-state index contributed by atoms with van der Waals surface area (Å²) in [4.78, 5) is 4.86. The highest BCUT2D eigenvalue weighted by Crippen LogP contribution is 2.28. The van der Waals surface area contributed by atoms with E-state index in [-0.39, 0.29) is 6.10 Å². The molecule has 4 rings (SSSR count). The van der Waals surface area contributed by atoms with Gasteiger partial charge in [0.2, 0.25) is 0 Å². The van der Waals surface area contributed by atoms with Gasteiger partial charge in [0.15, 0.2) is 0 Å². The summed E-state index contributed by atoms with van der Waals surface area (Å²) in [6, 6.07) is 18.8. The van der Waals surface area contributed by atoms with Crippen LogP contribution in [0.25, 0.3) is 11.4 Å². The molecule has 1 heterocycles. The standard InChI is InChI=1S/C24H26N2OS/c1-17(2)27-20-14-12-18(13-15-20)16-26-22-11-7-6-10-21(22)24(28)25-23(26)19-8-4-3-5-9-19/h3-5,8-9,12-15,17H,6-7,10-11,16H2,1-2H3. The summed E-state index contributed by atoms with van der Waals surface area (Å²) in [6.07, 6.45) is 4.69. The highest BCUT2D eigenvalue weighted by atomic mass is 32.1. The van der Waals surface area contributed by atoms with Crippen LogP contribution >= 0.6 is 12.2 Å². The van der Waals surface area contributed by atoms with Crippen molar-refractivity contribution in [2.45, 2.75) is 52.2 Å². The lowest BCUT2D eigenvalue weighted by molar-refractivity contribution is 0.242. The van der Waals surface area contributed by atoms with Gasteiger partial charge < -0.3 is 9.30 Å². The van der Waals surface area contributed by atoms with Gasteiger partial charge in [-0.3, -0.25) is 0 Å². The average molecular weight is 391 g/mol. The fourth-order valence-electron chi connectivity index (χ4n) is 3.88. The van der Waals surface area contributed by atoms with Crippen LogP contribution in [-0.4, -0.2) is 15.7 Å². The Hall–Kier alpha value is -2.46. The van der Waals surface area contributed by atoms with Gasteiger partial charge >= 0.3 is 0 Å². The predicted octanol–water partition coefficient (Wildman–Crippen LogP) is 5.99. The van der Waals surface area contributed by atoms with E-state index in [4.69, 9.17) is 21.9 Å². The summed E-state index contributed by atoms with van der Waals surface area (Å²) < 4.78 is 8.93. The van der Waals surface area contributed by atoms with E-state index in [9.17, 15) is 0 Å². The summed E-state index contributed by atoms with van der Waals surface area (Å²) in [5, 5.41) is 0. The molecule has 0 radical (unpaired) electrons. The van der Waals surface area contributed by atoms with Crippen LogP contribution in [0.2, 0.25) is 0 Å². The molecule has 0 spiro atoms. The Morgan fingerprint density at radius 2 is 1.71 bits per heavy atom. The molecule has 3 aromatic rings. The summed E-state index contributed by atoms with van der Waals surface area (Å²) in [6.45, 7) is 4.88. The number of ether oxygens (including phenoxy) is 1.